The third-order valence-electron chi connectivity index (χ3n) is 4.47. The van der Waals surface area contributed by atoms with E-state index in [1.165, 1.54) is 20.3 Å². The number of benzene rings is 2. The molecule has 0 radical (unpaired) electrons. The highest BCUT2D eigenvalue weighted by atomic mass is 35.5. The fraction of sp³-hybridized carbons (Fsp3) is 0.211. The molecule has 7 nitrogen and oxygen atoms in total. The molecule has 0 atom stereocenters. The summed E-state index contributed by atoms with van der Waals surface area (Å²) in [5.74, 6) is 0.878. The minimum atomic E-state index is -0.476. The van der Waals surface area contributed by atoms with E-state index < -0.39 is 4.92 Å². The average Bonchev–Trinajstić information content (AvgIpc) is 2.68. The van der Waals surface area contributed by atoms with Gasteiger partial charge in [-0.05, 0) is 47.8 Å². The van der Waals surface area contributed by atoms with Crippen LogP contribution in [-0.4, -0.2) is 30.1 Å². The molecule has 1 aliphatic carbocycles. The molecule has 8 heteroatoms. The predicted molar refractivity (Wildman–Crippen MR) is 102 cm³/mol. The van der Waals surface area contributed by atoms with Gasteiger partial charge in [0.2, 0.25) is 0 Å². The van der Waals surface area contributed by atoms with Gasteiger partial charge in [-0.15, -0.1) is 0 Å². The van der Waals surface area contributed by atoms with E-state index in [4.69, 9.17) is 21.1 Å². The van der Waals surface area contributed by atoms with Gasteiger partial charge < -0.3 is 14.7 Å². The molecule has 1 N–H and O–H groups in total. The first-order valence-corrected chi connectivity index (χ1v) is 8.49. The van der Waals surface area contributed by atoms with Crippen LogP contribution in [0.4, 0.5) is 5.69 Å². The van der Waals surface area contributed by atoms with Crippen LogP contribution in [-0.2, 0) is 6.42 Å². The maximum Gasteiger partial charge on any atom is 0.279 e. The average molecular weight is 389 g/mol. The van der Waals surface area contributed by atoms with Crippen LogP contribution in [0.2, 0.25) is 5.02 Å². The predicted octanol–water partition coefficient (Wildman–Crippen LogP) is 4.47. The van der Waals surface area contributed by atoms with Gasteiger partial charge in [-0.1, -0.05) is 28.9 Å². The molecule has 0 aromatic heterocycles. The van der Waals surface area contributed by atoms with Crippen molar-refractivity contribution in [2.24, 2.45) is 5.16 Å². The van der Waals surface area contributed by atoms with Gasteiger partial charge in [0.25, 0.3) is 5.69 Å². The van der Waals surface area contributed by atoms with E-state index >= 15 is 0 Å². The van der Waals surface area contributed by atoms with E-state index in [-0.39, 0.29) is 11.4 Å². The highest BCUT2D eigenvalue weighted by molar-refractivity contribution is 6.34. The van der Waals surface area contributed by atoms with Crippen molar-refractivity contribution in [3.8, 4) is 11.5 Å². The minimum absolute atomic E-state index is 0.0932. The number of hydrogen-bond acceptors (Lipinski definition) is 6. The molecular formula is C19H17ClN2O5. The van der Waals surface area contributed by atoms with Gasteiger partial charge in [-0.25, -0.2) is 0 Å². The molecule has 2 aromatic carbocycles. The lowest BCUT2D eigenvalue weighted by molar-refractivity contribution is -0.385. The van der Waals surface area contributed by atoms with Crippen molar-refractivity contribution in [1.29, 1.82) is 0 Å². The Labute approximate surface area is 160 Å². The number of allylic oxidation sites excluding steroid dienone is 1. The number of hydrogen-bond donors (Lipinski definition) is 1. The quantitative estimate of drug-likeness (QED) is 0.473. The van der Waals surface area contributed by atoms with E-state index in [0.717, 1.165) is 5.56 Å². The number of nitro benzene ring substituents is 1. The van der Waals surface area contributed by atoms with Crippen molar-refractivity contribution >= 4 is 29.1 Å². The summed E-state index contributed by atoms with van der Waals surface area (Å²) in [6.45, 7) is 0. The highest BCUT2D eigenvalue weighted by Crippen LogP contribution is 2.39. The number of nitrogens with zero attached hydrogens (tertiary/aromatic N) is 2. The molecule has 0 amide bonds. The summed E-state index contributed by atoms with van der Waals surface area (Å²) in [5.41, 5.74) is 2.46. The van der Waals surface area contributed by atoms with Gasteiger partial charge in [-0.2, -0.15) is 0 Å². The van der Waals surface area contributed by atoms with Gasteiger partial charge in [0.05, 0.1) is 29.7 Å². The fourth-order valence-corrected chi connectivity index (χ4v) is 3.52. The normalized spacial score (nSPS) is 16.3. The highest BCUT2D eigenvalue weighted by Gasteiger charge is 2.29. The van der Waals surface area contributed by atoms with Gasteiger partial charge in [0.15, 0.2) is 11.5 Å². The Balaban J connectivity index is 2.14. The Hall–Kier alpha value is -3.06. The molecule has 0 heterocycles. The molecule has 0 fully saturated rings. The molecule has 2 aromatic rings. The van der Waals surface area contributed by atoms with Crippen LogP contribution in [0.5, 0.6) is 11.5 Å². The second-order valence-corrected chi connectivity index (χ2v) is 6.27. The van der Waals surface area contributed by atoms with Crippen molar-refractivity contribution in [3.05, 3.63) is 67.7 Å². The summed E-state index contributed by atoms with van der Waals surface area (Å²) < 4.78 is 10.5. The van der Waals surface area contributed by atoms with Crippen LogP contribution in [0.1, 0.15) is 23.1 Å². The van der Waals surface area contributed by atoms with Gasteiger partial charge in [0, 0.05) is 6.07 Å². The second kappa shape index (κ2) is 7.67. The van der Waals surface area contributed by atoms with E-state index in [0.29, 0.717) is 46.1 Å². The first kappa shape index (κ1) is 18.7. The standard InChI is InChI=1S/C19H17ClN2O5/c1-26-15-9-8-12(17(20)19(15)27-2)10-13-7-6-11-4-3-5-14(22(24)25)16(11)18(13)21-23/h3-5,8-10,23H,6-7H2,1-2H3. The Bertz CT molecular complexity index is 969. The third-order valence-corrected chi connectivity index (χ3v) is 4.86. The largest absolute Gasteiger partial charge is 0.493 e. The lowest BCUT2D eigenvalue weighted by Crippen LogP contribution is -2.17. The number of oxime groups is 1. The van der Waals surface area contributed by atoms with Crippen LogP contribution in [0.25, 0.3) is 6.08 Å². The Morgan fingerprint density at radius 3 is 2.63 bits per heavy atom. The topological polar surface area (TPSA) is 94.2 Å². The summed E-state index contributed by atoms with van der Waals surface area (Å²) >= 11 is 6.42. The smallest absolute Gasteiger partial charge is 0.279 e. The zero-order chi connectivity index (χ0) is 19.6. The van der Waals surface area contributed by atoms with Crippen LogP contribution in [0, 0.1) is 10.1 Å². The van der Waals surface area contributed by atoms with Crippen molar-refractivity contribution in [1.82, 2.24) is 0 Å². The van der Waals surface area contributed by atoms with Crippen molar-refractivity contribution in [2.75, 3.05) is 14.2 Å². The molecule has 140 valence electrons. The molecule has 0 spiro atoms. The summed E-state index contributed by atoms with van der Waals surface area (Å²) in [7, 11) is 3.00. The summed E-state index contributed by atoms with van der Waals surface area (Å²) in [5, 5.41) is 24.7. The van der Waals surface area contributed by atoms with Gasteiger partial charge >= 0.3 is 0 Å². The molecule has 27 heavy (non-hydrogen) atoms. The number of fused-ring (bicyclic) bond motifs is 1. The van der Waals surface area contributed by atoms with E-state index in [1.54, 1.807) is 30.3 Å². The number of halogens is 1. The van der Waals surface area contributed by atoms with Crippen LogP contribution >= 0.6 is 11.6 Å². The Morgan fingerprint density at radius 1 is 1.22 bits per heavy atom. The SMILES string of the molecule is COc1ccc(C=C2CCc3cccc([N+](=O)[O-])c3C2=NO)c(Cl)c1OC. The number of ether oxygens (including phenoxy) is 2. The van der Waals surface area contributed by atoms with Crippen molar-refractivity contribution in [2.45, 2.75) is 12.8 Å². The fourth-order valence-electron chi connectivity index (χ4n) is 3.23. The first-order valence-electron chi connectivity index (χ1n) is 8.12. The number of aryl methyl sites for hydroxylation is 1. The summed E-state index contributed by atoms with van der Waals surface area (Å²) in [4.78, 5) is 10.9. The molecule has 0 saturated carbocycles. The maximum atomic E-state index is 11.4. The molecule has 0 aliphatic heterocycles. The van der Waals surface area contributed by atoms with Crippen molar-refractivity contribution < 1.29 is 19.6 Å². The molecule has 3 rings (SSSR count). The first-order chi connectivity index (χ1) is 13.0. The molecule has 0 unspecified atom stereocenters. The third kappa shape index (κ3) is 3.33. The lowest BCUT2D eigenvalue weighted by atomic mass is 9.84. The maximum absolute atomic E-state index is 11.4. The van der Waals surface area contributed by atoms with E-state index in [2.05, 4.69) is 5.16 Å². The van der Waals surface area contributed by atoms with Gasteiger partial charge in [0.1, 0.15) is 5.71 Å². The second-order valence-electron chi connectivity index (χ2n) is 5.89. The number of nitro groups is 1. The minimum Gasteiger partial charge on any atom is -0.493 e. The summed E-state index contributed by atoms with van der Waals surface area (Å²) in [6.07, 6.45) is 2.89. The number of methoxy groups -OCH3 is 2. The van der Waals surface area contributed by atoms with Crippen molar-refractivity contribution in [3.63, 3.8) is 0 Å². The van der Waals surface area contributed by atoms with Crippen LogP contribution < -0.4 is 9.47 Å². The van der Waals surface area contributed by atoms with E-state index in [1.807, 2.05) is 0 Å². The Kier molecular flexibility index (Phi) is 5.32. The molecular weight excluding hydrogens is 372 g/mol. The monoisotopic (exact) mass is 388 g/mol. The molecule has 1 aliphatic rings. The molecule has 0 saturated heterocycles. The van der Waals surface area contributed by atoms with Crippen LogP contribution in [0.15, 0.2) is 41.1 Å². The van der Waals surface area contributed by atoms with E-state index in [9.17, 15) is 15.3 Å². The zero-order valence-electron chi connectivity index (χ0n) is 14.7. The summed E-state index contributed by atoms with van der Waals surface area (Å²) in [6, 6.07) is 8.29. The number of rotatable bonds is 4. The van der Waals surface area contributed by atoms with Crippen LogP contribution in [0.3, 0.4) is 0 Å². The molecule has 0 bridgehead atoms. The Morgan fingerprint density at radius 2 is 2.00 bits per heavy atom. The lowest BCUT2D eigenvalue weighted by Gasteiger charge is -2.20. The zero-order valence-corrected chi connectivity index (χ0v) is 15.5. The van der Waals surface area contributed by atoms with Gasteiger partial charge in [-0.3, -0.25) is 10.1 Å².